The van der Waals surface area contributed by atoms with Gasteiger partial charge in [0.1, 0.15) is 0 Å². The third-order valence-electron chi connectivity index (χ3n) is 4.92. The molecule has 1 aromatic carbocycles. The van der Waals surface area contributed by atoms with Crippen LogP contribution in [-0.2, 0) is 15.1 Å². The van der Waals surface area contributed by atoms with Crippen LogP contribution in [0, 0.1) is 0 Å². The van der Waals surface area contributed by atoms with Crippen LogP contribution in [0.2, 0.25) is 19.6 Å². The SMILES string of the molecule is C[Si](C)(C)C1=C(c2ccccc2)C(c2ccccn2)(c2ccccn2)OC1=O. The Balaban J connectivity index is 2.14. The molecular weight excluding hydrogens is 364 g/mol. The summed E-state index contributed by atoms with van der Waals surface area (Å²) < 4.78 is 6.22. The van der Waals surface area contributed by atoms with Crippen LogP contribution in [0.25, 0.3) is 5.57 Å². The molecular formula is C23H22N2O2Si. The molecule has 2 aromatic heterocycles. The molecule has 0 aliphatic carbocycles. The molecule has 3 heterocycles. The van der Waals surface area contributed by atoms with E-state index in [9.17, 15) is 4.79 Å². The second kappa shape index (κ2) is 6.84. The average Bonchev–Trinajstić information content (AvgIpc) is 3.04. The Labute approximate surface area is 166 Å². The first-order valence-corrected chi connectivity index (χ1v) is 12.8. The predicted octanol–water partition coefficient (Wildman–Crippen LogP) is 4.61. The Bertz CT molecular complexity index is 987. The molecule has 5 heteroatoms. The highest BCUT2D eigenvalue weighted by Crippen LogP contribution is 2.51. The van der Waals surface area contributed by atoms with Crippen molar-refractivity contribution in [2.75, 3.05) is 0 Å². The van der Waals surface area contributed by atoms with Gasteiger partial charge in [-0.3, -0.25) is 9.97 Å². The van der Waals surface area contributed by atoms with Gasteiger partial charge in [-0.2, -0.15) is 0 Å². The zero-order valence-electron chi connectivity index (χ0n) is 16.2. The summed E-state index contributed by atoms with van der Waals surface area (Å²) in [7, 11) is -2.04. The summed E-state index contributed by atoms with van der Waals surface area (Å²) in [6, 6.07) is 21.3. The van der Waals surface area contributed by atoms with E-state index in [0.717, 1.165) is 16.3 Å². The number of rotatable bonds is 4. The number of hydrogen-bond acceptors (Lipinski definition) is 4. The molecule has 0 fully saturated rings. The third-order valence-corrected chi connectivity index (χ3v) is 6.87. The van der Waals surface area contributed by atoms with Crippen molar-refractivity contribution in [1.82, 2.24) is 9.97 Å². The van der Waals surface area contributed by atoms with Gasteiger partial charge in [-0.25, -0.2) is 4.79 Å². The Kier molecular flexibility index (Phi) is 4.47. The zero-order valence-corrected chi connectivity index (χ0v) is 17.2. The van der Waals surface area contributed by atoms with E-state index in [1.165, 1.54) is 0 Å². The molecule has 0 unspecified atom stereocenters. The van der Waals surface area contributed by atoms with Crippen molar-refractivity contribution >= 4 is 19.6 Å². The van der Waals surface area contributed by atoms with Crippen molar-refractivity contribution in [2.24, 2.45) is 0 Å². The third kappa shape index (κ3) is 2.88. The van der Waals surface area contributed by atoms with Gasteiger partial charge in [0.15, 0.2) is 0 Å². The maximum atomic E-state index is 13.3. The number of benzene rings is 1. The largest absolute Gasteiger partial charge is 0.438 e. The highest BCUT2D eigenvalue weighted by molar-refractivity contribution is 6.88. The van der Waals surface area contributed by atoms with Crippen LogP contribution >= 0.6 is 0 Å². The lowest BCUT2D eigenvalue weighted by Crippen LogP contribution is -2.32. The molecule has 3 aromatic rings. The van der Waals surface area contributed by atoms with Gasteiger partial charge < -0.3 is 4.74 Å². The van der Waals surface area contributed by atoms with E-state index < -0.39 is 13.7 Å². The normalized spacial score (nSPS) is 16.2. The fourth-order valence-electron chi connectivity index (χ4n) is 3.79. The van der Waals surface area contributed by atoms with Crippen molar-refractivity contribution in [1.29, 1.82) is 0 Å². The van der Waals surface area contributed by atoms with Crippen LogP contribution in [0.3, 0.4) is 0 Å². The van der Waals surface area contributed by atoms with E-state index in [-0.39, 0.29) is 5.97 Å². The van der Waals surface area contributed by atoms with E-state index in [2.05, 4.69) is 29.6 Å². The number of carbonyl (C=O) groups is 1. The lowest BCUT2D eigenvalue weighted by atomic mass is 9.82. The van der Waals surface area contributed by atoms with E-state index in [1.54, 1.807) is 12.4 Å². The summed E-state index contributed by atoms with van der Waals surface area (Å²) in [5.41, 5.74) is 2.00. The first kappa shape index (κ1) is 18.3. The van der Waals surface area contributed by atoms with Crippen LogP contribution in [-0.4, -0.2) is 24.0 Å². The number of pyridine rings is 2. The maximum absolute atomic E-state index is 13.3. The van der Waals surface area contributed by atoms with Gasteiger partial charge in [-0.1, -0.05) is 62.1 Å². The highest BCUT2D eigenvalue weighted by Gasteiger charge is 2.55. The molecule has 140 valence electrons. The van der Waals surface area contributed by atoms with Gasteiger partial charge >= 0.3 is 5.97 Å². The summed E-state index contributed by atoms with van der Waals surface area (Å²) >= 11 is 0. The van der Waals surface area contributed by atoms with E-state index in [1.807, 2.05) is 66.7 Å². The molecule has 4 rings (SSSR count). The monoisotopic (exact) mass is 386 g/mol. The molecule has 1 aliphatic rings. The van der Waals surface area contributed by atoms with Gasteiger partial charge in [0, 0.05) is 23.2 Å². The molecule has 0 N–H and O–H groups in total. The minimum atomic E-state index is -2.04. The Morgan fingerprint density at radius 3 is 1.79 bits per heavy atom. The van der Waals surface area contributed by atoms with Gasteiger partial charge in [-0.15, -0.1) is 0 Å². The first-order valence-electron chi connectivity index (χ1n) is 9.31. The number of esters is 1. The van der Waals surface area contributed by atoms with Crippen LogP contribution in [0.1, 0.15) is 17.0 Å². The molecule has 0 bridgehead atoms. The van der Waals surface area contributed by atoms with Crippen molar-refractivity contribution < 1.29 is 9.53 Å². The zero-order chi connectivity index (χ0) is 19.8. The molecule has 0 atom stereocenters. The molecule has 4 nitrogen and oxygen atoms in total. The molecule has 0 radical (unpaired) electrons. The van der Waals surface area contributed by atoms with Crippen LogP contribution in [0.5, 0.6) is 0 Å². The summed E-state index contributed by atoms with van der Waals surface area (Å²) in [5.74, 6) is -0.269. The number of hydrogen-bond donors (Lipinski definition) is 0. The smallest absolute Gasteiger partial charge is 0.332 e. The summed E-state index contributed by atoms with van der Waals surface area (Å²) in [5, 5.41) is 0.787. The van der Waals surface area contributed by atoms with E-state index >= 15 is 0 Å². The van der Waals surface area contributed by atoms with Crippen LogP contribution in [0.4, 0.5) is 0 Å². The van der Waals surface area contributed by atoms with Gasteiger partial charge in [0.05, 0.1) is 19.5 Å². The fraction of sp³-hybridized carbons (Fsp3) is 0.174. The number of nitrogens with zero attached hydrogens (tertiary/aromatic N) is 2. The number of ether oxygens (including phenoxy) is 1. The van der Waals surface area contributed by atoms with Gasteiger partial charge in [0.2, 0.25) is 5.60 Å². The molecule has 0 saturated carbocycles. The van der Waals surface area contributed by atoms with E-state index in [0.29, 0.717) is 11.4 Å². The average molecular weight is 387 g/mol. The number of carbonyl (C=O) groups excluding carboxylic acids is 1. The fourth-order valence-corrected chi connectivity index (χ4v) is 5.52. The van der Waals surface area contributed by atoms with Crippen molar-refractivity contribution in [3.05, 3.63) is 101 Å². The van der Waals surface area contributed by atoms with Crippen molar-refractivity contribution in [3.63, 3.8) is 0 Å². The van der Waals surface area contributed by atoms with Crippen molar-refractivity contribution in [3.8, 4) is 0 Å². The molecule has 0 saturated heterocycles. The standard InChI is InChI=1S/C23H22N2O2Si/c1-28(2,3)21-20(17-11-5-4-6-12-17)23(27-22(21)26,18-13-7-9-15-24-18)19-14-8-10-16-25-19/h4-16H,1-3H3. The Morgan fingerprint density at radius 1 is 0.786 bits per heavy atom. The van der Waals surface area contributed by atoms with Crippen LogP contribution < -0.4 is 0 Å². The van der Waals surface area contributed by atoms with Gasteiger partial charge in [-0.05, 0) is 29.8 Å². The van der Waals surface area contributed by atoms with E-state index in [4.69, 9.17) is 4.74 Å². The second-order valence-electron chi connectivity index (χ2n) is 7.87. The van der Waals surface area contributed by atoms with Crippen LogP contribution in [0.15, 0.2) is 84.3 Å². The number of cyclic esters (lactones) is 1. The predicted molar refractivity (Wildman–Crippen MR) is 112 cm³/mol. The lowest BCUT2D eigenvalue weighted by Gasteiger charge is -2.30. The van der Waals surface area contributed by atoms with Gasteiger partial charge in [0.25, 0.3) is 0 Å². The molecule has 28 heavy (non-hydrogen) atoms. The summed E-state index contributed by atoms with van der Waals surface area (Å²) in [4.78, 5) is 22.5. The Hall–Kier alpha value is -3.05. The summed E-state index contributed by atoms with van der Waals surface area (Å²) in [6.45, 7) is 6.50. The Morgan fingerprint density at radius 2 is 1.32 bits per heavy atom. The van der Waals surface area contributed by atoms with Crippen molar-refractivity contribution in [2.45, 2.75) is 25.2 Å². The molecule has 0 amide bonds. The minimum Gasteiger partial charge on any atom is -0.438 e. The highest BCUT2D eigenvalue weighted by atomic mass is 28.3. The summed E-state index contributed by atoms with van der Waals surface area (Å²) in [6.07, 6.45) is 3.45. The minimum absolute atomic E-state index is 0.269. The second-order valence-corrected chi connectivity index (χ2v) is 12.9. The lowest BCUT2D eigenvalue weighted by molar-refractivity contribution is -0.144. The molecule has 0 spiro atoms. The maximum Gasteiger partial charge on any atom is 0.332 e. The topological polar surface area (TPSA) is 52.1 Å². The molecule has 1 aliphatic heterocycles. The number of aromatic nitrogens is 2. The first-order chi connectivity index (χ1) is 13.4. The quantitative estimate of drug-likeness (QED) is 0.485.